The SMILES string of the molecule is CCN(CC)CCSc1cc2c(cc1OC)C(C)(C)c1[nH]c3cc(N)ccc3c1C2=O. The number of aromatic amines is 1. The molecule has 0 spiro atoms. The molecular weight excluding hydrogens is 406 g/mol. The summed E-state index contributed by atoms with van der Waals surface area (Å²) in [6, 6.07) is 9.79. The lowest BCUT2D eigenvalue weighted by atomic mass is 9.71. The monoisotopic (exact) mass is 437 g/mol. The van der Waals surface area contributed by atoms with Gasteiger partial charge in [-0.15, -0.1) is 11.8 Å². The van der Waals surface area contributed by atoms with Crippen LogP contribution in [0.15, 0.2) is 35.2 Å². The van der Waals surface area contributed by atoms with Crippen LogP contribution in [-0.4, -0.2) is 48.2 Å². The van der Waals surface area contributed by atoms with E-state index in [2.05, 4.69) is 43.6 Å². The number of thioether (sulfide) groups is 1. The molecule has 1 aromatic heterocycles. The normalized spacial score (nSPS) is 14.7. The molecule has 2 aromatic carbocycles. The molecule has 1 heterocycles. The van der Waals surface area contributed by atoms with Gasteiger partial charge in [0.25, 0.3) is 0 Å². The van der Waals surface area contributed by atoms with Gasteiger partial charge in [0.2, 0.25) is 0 Å². The van der Waals surface area contributed by atoms with E-state index >= 15 is 0 Å². The van der Waals surface area contributed by atoms with Gasteiger partial charge in [-0.05, 0) is 42.9 Å². The fourth-order valence-electron chi connectivity index (χ4n) is 4.55. The van der Waals surface area contributed by atoms with Gasteiger partial charge in [-0.1, -0.05) is 33.8 Å². The number of methoxy groups -OCH3 is 1. The van der Waals surface area contributed by atoms with Crippen molar-refractivity contribution < 1.29 is 9.53 Å². The van der Waals surface area contributed by atoms with Crippen molar-refractivity contribution in [2.24, 2.45) is 0 Å². The number of ketones is 1. The third-order valence-corrected chi connectivity index (χ3v) is 7.47. The first-order chi connectivity index (χ1) is 14.8. The van der Waals surface area contributed by atoms with Gasteiger partial charge in [-0.25, -0.2) is 0 Å². The molecule has 0 aliphatic heterocycles. The number of nitrogens with two attached hydrogens (primary N) is 1. The second-order valence-electron chi connectivity index (χ2n) is 8.56. The zero-order valence-corrected chi connectivity index (χ0v) is 19.8. The van der Waals surface area contributed by atoms with Gasteiger partial charge < -0.3 is 20.4 Å². The number of fused-ring (bicyclic) bond motifs is 4. The molecule has 164 valence electrons. The van der Waals surface area contributed by atoms with Crippen LogP contribution < -0.4 is 10.5 Å². The number of nitrogens with zero attached hydrogens (tertiary/aromatic N) is 1. The standard InChI is InChI=1S/C25H31N3O2S/c1-6-28(7-2)10-11-31-21-13-17-18(14-20(21)30-5)25(3,4)24-22(23(17)29)16-9-8-15(26)12-19(16)27-24/h8-9,12-14,27H,6-7,10-11,26H2,1-5H3. The summed E-state index contributed by atoms with van der Waals surface area (Å²) in [7, 11) is 1.70. The molecule has 4 rings (SSSR count). The first-order valence-corrected chi connectivity index (χ1v) is 11.8. The maximum absolute atomic E-state index is 13.7. The van der Waals surface area contributed by atoms with Crippen LogP contribution in [0.4, 0.5) is 5.69 Å². The van der Waals surface area contributed by atoms with Crippen LogP contribution in [-0.2, 0) is 5.41 Å². The minimum atomic E-state index is -0.357. The van der Waals surface area contributed by atoms with Gasteiger partial charge in [-0.3, -0.25) is 4.79 Å². The first kappa shape index (κ1) is 21.8. The number of ether oxygens (including phenoxy) is 1. The predicted octanol–water partition coefficient (Wildman–Crippen LogP) is 5.06. The molecule has 0 fully saturated rings. The van der Waals surface area contributed by atoms with Crippen molar-refractivity contribution in [1.29, 1.82) is 0 Å². The Kier molecular flexibility index (Phi) is 5.79. The topological polar surface area (TPSA) is 71.3 Å². The van der Waals surface area contributed by atoms with Gasteiger partial charge in [0.05, 0.1) is 17.6 Å². The maximum Gasteiger partial charge on any atom is 0.195 e. The Morgan fingerprint density at radius 1 is 1.16 bits per heavy atom. The number of hydrogen-bond acceptors (Lipinski definition) is 5. The lowest BCUT2D eigenvalue weighted by molar-refractivity contribution is 0.103. The molecule has 0 unspecified atom stereocenters. The molecule has 1 aliphatic carbocycles. The van der Waals surface area contributed by atoms with E-state index in [9.17, 15) is 4.79 Å². The molecule has 3 aromatic rings. The molecule has 31 heavy (non-hydrogen) atoms. The summed E-state index contributed by atoms with van der Waals surface area (Å²) in [5, 5.41) is 0.930. The number of rotatable bonds is 7. The van der Waals surface area contributed by atoms with Crippen LogP contribution in [0.3, 0.4) is 0 Å². The van der Waals surface area contributed by atoms with E-state index < -0.39 is 0 Å². The summed E-state index contributed by atoms with van der Waals surface area (Å²) in [6.45, 7) is 11.8. The molecule has 5 nitrogen and oxygen atoms in total. The zero-order chi connectivity index (χ0) is 22.3. The van der Waals surface area contributed by atoms with E-state index in [1.807, 2.05) is 24.3 Å². The Hall–Kier alpha value is -2.44. The number of benzene rings is 2. The number of anilines is 1. The van der Waals surface area contributed by atoms with Crippen molar-refractivity contribution >= 4 is 34.1 Å². The van der Waals surface area contributed by atoms with E-state index in [1.165, 1.54) is 0 Å². The fourth-order valence-corrected chi connectivity index (χ4v) is 5.61. The molecule has 0 bridgehead atoms. The number of carbonyl (C=O) groups excluding carboxylic acids is 1. The Bertz CT molecular complexity index is 1150. The average Bonchev–Trinajstić information content (AvgIpc) is 3.14. The summed E-state index contributed by atoms with van der Waals surface area (Å²) < 4.78 is 5.74. The highest BCUT2D eigenvalue weighted by Crippen LogP contribution is 2.46. The number of carbonyl (C=O) groups is 1. The third kappa shape index (κ3) is 3.62. The average molecular weight is 438 g/mol. The second kappa shape index (κ2) is 8.24. The van der Waals surface area contributed by atoms with Gasteiger partial charge in [0.15, 0.2) is 5.78 Å². The third-order valence-electron chi connectivity index (χ3n) is 6.46. The molecule has 0 amide bonds. The highest BCUT2D eigenvalue weighted by atomic mass is 32.2. The molecule has 1 aliphatic rings. The molecule has 6 heteroatoms. The maximum atomic E-state index is 13.7. The lowest BCUT2D eigenvalue weighted by Crippen LogP contribution is -2.30. The van der Waals surface area contributed by atoms with Crippen molar-refractivity contribution in [1.82, 2.24) is 9.88 Å². The van der Waals surface area contributed by atoms with E-state index in [0.29, 0.717) is 5.69 Å². The van der Waals surface area contributed by atoms with Crippen molar-refractivity contribution in [2.45, 2.75) is 38.0 Å². The van der Waals surface area contributed by atoms with Crippen LogP contribution in [0.2, 0.25) is 0 Å². The summed E-state index contributed by atoms with van der Waals surface area (Å²) in [5.41, 5.74) is 10.7. The smallest absolute Gasteiger partial charge is 0.195 e. The molecule has 0 radical (unpaired) electrons. The quantitative estimate of drug-likeness (QED) is 0.399. The van der Waals surface area contributed by atoms with Crippen molar-refractivity contribution in [3.05, 3.63) is 52.7 Å². The van der Waals surface area contributed by atoms with Crippen LogP contribution in [0.5, 0.6) is 5.75 Å². The minimum Gasteiger partial charge on any atom is -0.496 e. The van der Waals surface area contributed by atoms with Crippen LogP contribution in [0.25, 0.3) is 10.9 Å². The van der Waals surface area contributed by atoms with Gasteiger partial charge >= 0.3 is 0 Å². The van der Waals surface area contributed by atoms with Crippen molar-refractivity contribution in [3.8, 4) is 5.75 Å². The Morgan fingerprint density at radius 2 is 1.90 bits per heavy atom. The number of aromatic nitrogens is 1. The summed E-state index contributed by atoms with van der Waals surface area (Å²) in [4.78, 5) is 20.6. The Balaban J connectivity index is 1.78. The summed E-state index contributed by atoms with van der Waals surface area (Å²) >= 11 is 1.75. The Morgan fingerprint density at radius 3 is 2.58 bits per heavy atom. The van der Waals surface area contributed by atoms with E-state index in [4.69, 9.17) is 10.5 Å². The fraction of sp³-hybridized carbons (Fsp3) is 0.400. The number of nitrogen functional groups attached to an aromatic ring is 1. The van der Waals surface area contributed by atoms with Crippen molar-refractivity contribution in [3.63, 3.8) is 0 Å². The van der Waals surface area contributed by atoms with Gasteiger partial charge in [0, 0.05) is 45.6 Å². The minimum absolute atomic E-state index is 0.0635. The summed E-state index contributed by atoms with van der Waals surface area (Å²) in [5.74, 6) is 1.84. The zero-order valence-electron chi connectivity index (χ0n) is 19.0. The lowest BCUT2D eigenvalue weighted by Gasteiger charge is -2.33. The highest BCUT2D eigenvalue weighted by Gasteiger charge is 2.40. The van der Waals surface area contributed by atoms with Gasteiger partial charge in [-0.2, -0.15) is 0 Å². The molecule has 0 saturated carbocycles. The molecule has 0 saturated heterocycles. The number of H-pyrrole nitrogens is 1. The van der Waals surface area contributed by atoms with Crippen LogP contribution in [0.1, 0.15) is 54.9 Å². The summed E-state index contributed by atoms with van der Waals surface area (Å²) in [6.07, 6.45) is 0. The predicted molar refractivity (Wildman–Crippen MR) is 130 cm³/mol. The molecular formula is C25H31N3O2S. The van der Waals surface area contributed by atoms with E-state index in [-0.39, 0.29) is 11.2 Å². The second-order valence-corrected chi connectivity index (χ2v) is 9.69. The number of nitrogens with one attached hydrogen (secondary N) is 1. The molecule has 3 N–H and O–H groups in total. The largest absolute Gasteiger partial charge is 0.496 e. The molecule has 0 atom stereocenters. The Labute approximate surface area is 188 Å². The van der Waals surface area contributed by atoms with Gasteiger partial charge in [0.1, 0.15) is 5.75 Å². The number of hydrogen-bond donors (Lipinski definition) is 2. The first-order valence-electron chi connectivity index (χ1n) is 10.9. The van der Waals surface area contributed by atoms with Crippen molar-refractivity contribution in [2.75, 3.05) is 38.2 Å². The van der Waals surface area contributed by atoms with Crippen LogP contribution in [0, 0.1) is 0 Å². The van der Waals surface area contributed by atoms with Crippen LogP contribution >= 0.6 is 11.8 Å². The van der Waals surface area contributed by atoms with E-state index in [0.717, 1.165) is 69.3 Å². The highest BCUT2D eigenvalue weighted by molar-refractivity contribution is 7.99. The van der Waals surface area contributed by atoms with E-state index in [1.54, 1.807) is 18.9 Å².